The van der Waals surface area contributed by atoms with Crippen molar-refractivity contribution < 1.29 is 9.90 Å². The molecule has 0 bridgehead atoms. The molecule has 1 aromatic heterocycles. The van der Waals surface area contributed by atoms with Gasteiger partial charge in [-0.2, -0.15) is 5.10 Å². The van der Waals surface area contributed by atoms with Gasteiger partial charge in [-0.25, -0.2) is 0 Å². The number of carbonyl (C=O) groups excluding carboxylic acids is 1. The molecule has 1 atom stereocenters. The van der Waals surface area contributed by atoms with E-state index in [4.69, 9.17) is 0 Å². The molecule has 0 aromatic carbocycles. The third kappa shape index (κ3) is 4.04. The number of nitrogens with one attached hydrogen (secondary N) is 2. The zero-order valence-corrected chi connectivity index (χ0v) is 13.2. The number of nitrogens with zero attached hydrogens (tertiary/aromatic N) is 2. The Morgan fingerprint density at radius 1 is 1.52 bits per heavy atom. The van der Waals surface area contributed by atoms with Gasteiger partial charge in [-0.05, 0) is 39.7 Å². The first kappa shape index (κ1) is 16.0. The zero-order chi connectivity index (χ0) is 15.5. The van der Waals surface area contributed by atoms with E-state index in [1.807, 2.05) is 13.8 Å². The summed E-state index contributed by atoms with van der Waals surface area (Å²) in [4.78, 5) is 13.6. The number of H-pyrrole nitrogens is 1. The van der Waals surface area contributed by atoms with Gasteiger partial charge in [-0.1, -0.05) is 0 Å². The van der Waals surface area contributed by atoms with Gasteiger partial charge in [0.15, 0.2) is 0 Å². The average Bonchev–Trinajstić information content (AvgIpc) is 2.77. The molecule has 0 saturated carbocycles. The van der Waals surface area contributed by atoms with Crippen LogP contribution in [-0.4, -0.2) is 51.8 Å². The maximum atomic E-state index is 11.4. The Morgan fingerprint density at radius 3 is 2.90 bits per heavy atom. The Morgan fingerprint density at radius 2 is 2.29 bits per heavy atom. The van der Waals surface area contributed by atoms with Crippen LogP contribution in [0.2, 0.25) is 0 Å². The van der Waals surface area contributed by atoms with Gasteiger partial charge >= 0.3 is 0 Å². The third-order valence-corrected chi connectivity index (χ3v) is 4.39. The summed E-state index contributed by atoms with van der Waals surface area (Å²) < 4.78 is 0. The van der Waals surface area contributed by atoms with Crippen molar-refractivity contribution in [1.29, 1.82) is 0 Å². The molecule has 1 aliphatic rings. The molecule has 21 heavy (non-hydrogen) atoms. The molecule has 0 radical (unpaired) electrons. The Kier molecular flexibility index (Phi) is 5.00. The van der Waals surface area contributed by atoms with E-state index in [-0.39, 0.29) is 5.91 Å². The number of aliphatic hydroxyl groups is 1. The molecule has 1 aromatic rings. The number of piperidine rings is 1. The lowest BCUT2D eigenvalue weighted by Gasteiger charge is -2.39. The lowest BCUT2D eigenvalue weighted by atomic mass is 9.88. The second-order valence-corrected chi connectivity index (χ2v) is 6.12. The normalized spacial score (nSPS) is 23.2. The van der Waals surface area contributed by atoms with E-state index in [0.717, 1.165) is 37.3 Å². The van der Waals surface area contributed by atoms with Crippen molar-refractivity contribution in [2.24, 2.45) is 0 Å². The van der Waals surface area contributed by atoms with Gasteiger partial charge in [0, 0.05) is 37.8 Å². The number of hydrogen-bond acceptors (Lipinski definition) is 4. The highest BCUT2D eigenvalue weighted by Gasteiger charge is 2.33. The van der Waals surface area contributed by atoms with E-state index in [1.54, 1.807) is 7.05 Å². The van der Waals surface area contributed by atoms with E-state index in [2.05, 4.69) is 20.4 Å². The fourth-order valence-corrected chi connectivity index (χ4v) is 3.05. The second-order valence-electron chi connectivity index (χ2n) is 6.12. The monoisotopic (exact) mass is 294 g/mol. The maximum absolute atomic E-state index is 11.4. The summed E-state index contributed by atoms with van der Waals surface area (Å²) in [5.74, 6) is -0.0120. The minimum absolute atomic E-state index is 0.0120. The molecule has 1 aliphatic heterocycles. The van der Waals surface area contributed by atoms with Crippen LogP contribution < -0.4 is 5.32 Å². The van der Waals surface area contributed by atoms with Gasteiger partial charge in [-0.3, -0.25) is 14.8 Å². The van der Waals surface area contributed by atoms with Crippen molar-refractivity contribution >= 4 is 5.91 Å². The minimum Gasteiger partial charge on any atom is -0.389 e. The van der Waals surface area contributed by atoms with Crippen LogP contribution in [0.5, 0.6) is 0 Å². The predicted octanol–water partition coefficient (Wildman–Crippen LogP) is 0.880. The number of amides is 1. The van der Waals surface area contributed by atoms with Gasteiger partial charge in [0.1, 0.15) is 0 Å². The summed E-state index contributed by atoms with van der Waals surface area (Å²) in [6.07, 6.45) is 2.63. The van der Waals surface area contributed by atoms with E-state index in [9.17, 15) is 9.90 Å². The first-order valence-corrected chi connectivity index (χ1v) is 7.59. The quantitative estimate of drug-likeness (QED) is 0.753. The smallest absolute Gasteiger partial charge is 0.219 e. The van der Waals surface area contributed by atoms with Crippen LogP contribution in [0.15, 0.2) is 0 Å². The average molecular weight is 294 g/mol. The number of likely N-dealkylation sites (tertiary alicyclic amines) is 1. The Bertz CT molecular complexity index is 480. The molecular weight excluding hydrogens is 268 g/mol. The van der Waals surface area contributed by atoms with Crippen LogP contribution in [0.4, 0.5) is 0 Å². The van der Waals surface area contributed by atoms with Crippen molar-refractivity contribution in [3.8, 4) is 0 Å². The molecule has 3 N–H and O–H groups in total. The maximum Gasteiger partial charge on any atom is 0.219 e. The summed E-state index contributed by atoms with van der Waals surface area (Å²) in [6, 6.07) is 0. The first-order chi connectivity index (χ1) is 9.93. The van der Waals surface area contributed by atoms with E-state index in [0.29, 0.717) is 19.4 Å². The van der Waals surface area contributed by atoms with Crippen LogP contribution in [-0.2, 0) is 11.3 Å². The van der Waals surface area contributed by atoms with Crippen LogP contribution in [0, 0.1) is 13.8 Å². The second kappa shape index (κ2) is 6.58. The Labute approximate surface area is 125 Å². The van der Waals surface area contributed by atoms with Crippen molar-refractivity contribution in [3.63, 3.8) is 0 Å². The van der Waals surface area contributed by atoms with Crippen LogP contribution in [0.25, 0.3) is 0 Å². The van der Waals surface area contributed by atoms with E-state index in [1.165, 1.54) is 5.56 Å². The van der Waals surface area contributed by atoms with Gasteiger partial charge in [0.05, 0.1) is 11.3 Å². The predicted molar refractivity (Wildman–Crippen MR) is 80.8 cm³/mol. The SMILES string of the molecule is CNC(=O)CC[C@]1(O)CCCN(Cc2c(C)n[nH]c2C)C1. The first-order valence-electron chi connectivity index (χ1n) is 7.59. The molecular formula is C15H26N4O2. The number of aromatic amines is 1. The summed E-state index contributed by atoms with van der Waals surface area (Å²) in [5, 5.41) is 20.5. The molecule has 0 unspecified atom stereocenters. The number of carbonyl (C=O) groups is 1. The summed E-state index contributed by atoms with van der Waals surface area (Å²) in [6.45, 7) is 6.43. The van der Waals surface area contributed by atoms with Crippen LogP contribution in [0.3, 0.4) is 0 Å². The van der Waals surface area contributed by atoms with Gasteiger partial charge in [0.25, 0.3) is 0 Å². The molecule has 118 valence electrons. The van der Waals surface area contributed by atoms with E-state index < -0.39 is 5.60 Å². The molecule has 2 heterocycles. The molecule has 6 nitrogen and oxygen atoms in total. The largest absolute Gasteiger partial charge is 0.389 e. The molecule has 0 aliphatic carbocycles. The van der Waals surface area contributed by atoms with Gasteiger partial charge in [-0.15, -0.1) is 0 Å². The molecule has 0 spiro atoms. The lowest BCUT2D eigenvalue weighted by Crippen LogP contribution is -2.48. The summed E-state index contributed by atoms with van der Waals surface area (Å²) in [5.41, 5.74) is 2.57. The molecule has 2 rings (SSSR count). The number of β-amino-alcohol motifs (C(OH)–C–C–N with tert-alkyl or cyclic N) is 1. The fourth-order valence-electron chi connectivity index (χ4n) is 3.05. The van der Waals surface area contributed by atoms with Gasteiger partial charge < -0.3 is 10.4 Å². The van der Waals surface area contributed by atoms with E-state index >= 15 is 0 Å². The number of aryl methyl sites for hydroxylation is 2. The zero-order valence-electron chi connectivity index (χ0n) is 13.2. The van der Waals surface area contributed by atoms with Crippen molar-refractivity contribution in [2.75, 3.05) is 20.1 Å². The topological polar surface area (TPSA) is 81.2 Å². The van der Waals surface area contributed by atoms with Crippen molar-refractivity contribution in [3.05, 3.63) is 17.0 Å². The molecule has 1 saturated heterocycles. The van der Waals surface area contributed by atoms with Crippen molar-refractivity contribution in [2.45, 2.75) is 51.7 Å². The van der Waals surface area contributed by atoms with Gasteiger partial charge in [0.2, 0.25) is 5.91 Å². The minimum atomic E-state index is -0.754. The highest BCUT2D eigenvalue weighted by Crippen LogP contribution is 2.27. The fraction of sp³-hybridized carbons (Fsp3) is 0.733. The molecule has 6 heteroatoms. The van der Waals surface area contributed by atoms with Crippen molar-refractivity contribution in [1.82, 2.24) is 20.4 Å². The summed E-state index contributed by atoms with van der Waals surface area (Å²) in [7, 11) is 1.63. The van der Waals surface area contributed by atoms with Crippen LogP contribution >= 0.6 is 0 Å². The standard InChI is InChI=1S/C15H26N4O2/c1-11-13(12(2)18-17-11)9-19-8-4-6-15(21,10-19)7-5-14(20)16-3/h21H,4-10H2,1-3H3,(H,16,20)(H,17,18)/t15-/m1/s1. The highest BCUT2D eigenvalue weighted by atomic mass is 16.3. The highest BCUT2D eigenvalue weighted by molar-refractivity contribution is 5.75. The Balaban J connectivity index is 1.95. The lowest BCUT2D eigenvalue weighted by molar-refractivity contribution is -0.122. The third-order valence-electron chi connectivity index (χ3n) is 4.39. The summed E-state index contributed by atoms with van der Waals surface area (Å²) >= 11 is 0. The van der Waals surface area contributed by atoms with Crippen LogP contribution in [0.1, 0.15) is 42.6 Å². The number of rotatable bonds is 5. The molecule has 1 amide bonds. The Hall–Kier alpha value is -1.40. The number of hydrogen-bond donors (Lipinski definition) is 3. The molecule has 1 fully saturated rings. The number of aromatic nitrogens is 2.